The van der Waals surface area contributed by atoms with Gasteiger partial charge in [0.2, 0.25) is 0 Å². The van der Waals surface area contributed by atoms with Gasteiger partial charge in [0.15, 0.2) is 0 Å². The number of aliphatic hydroxyl groups is 1. The summed E-state index contributed by atoms with van der Waals surface area (Å²) in [5.41, 5.74) is 0. The molecule has 2 heteroatoms. The Morgan fingerprint density at radius 3 is 2.17 bits per heavy atom. The first kappa shape index (κ1) is 11.9. The van der Waals surface area contributed by atoms with Gasteiger partial charge < -0.3 is 9.84 Å². The van der Waals surface area contributed by atoms with Crippen molar-refractivity contribution in [3.63, 3.8) is 0 Å². The normalized spacial score (nSPS) is 16.5. The van der Waals surface area contributed by atoms with Crippen molar-refractivity contribution in [2.75, 3.05) is 6.61 Å². The van der Waals surface area contributed by atoms with Crippen molar-refractivity contribution in [2.24, 2.45) is 5.92 Å². The number of aliphatic hydroxyl groups excluding tert-OH is 1. The van der Waals surface area contributed by atoms with Gasteiger partial charge in [-0.05, 0) is 32.6 Å². The van der Waals surface area contributed by atoms with Crippen LogP contribution >= 0.6 is 0 Å². The summed E-state index contributed by atoms with van der Waals surface area (Å²) in [5, 5.41) is 9.10. The minimum atomic E-state index is -0.357. The Balaban J connectivity index is 3.20. The van der Waals surface area contributed by atoms with Crippen molar-refractivity contribution in [1.29, 1.82) is 0 Å². The van der Waals surface area contributed by atoms with Crippen LogP contribution in [-0.2, 0) is 4.74 Å². The predicted molar refractivity (Wildman–Crippen MR) is 51.2 cm³/mol. The Kier molecular flexibility index (Phi) is 6.39. The van der Waals surface area contributed by atoms with Crippen LogP contribution in [0.25, 0.3) is 0 Å². The molecule has 0 aliphatic carbocycles. The molecule has 0 saturated heterocycles. The molecule has 2 atom stereocenters. The molecule has 0 aromatic carbocycles. The van der Waals surface area contributed by atoms with Crippen LogP contribution in [0.2, 0.25) is 0 Å². The lowest BCUT2D eigenvalue weighted by molar-refractivity contribution is -0.0199. The number of hydrogen-bond acceptors (Lipinski definition) is 2. The highest BCUT2D eigenvalue weighted by Crippen LogP contribution is 2.05. The molecule has 0 radical (unpaired) electrons. The fraction of sp³-hybridized carbons (Fsp3) is 1.00. The standard InChI is InChI=1S/C10H22O2/c1-8(2)6-5-7-12-10(4)9(3)11/h8-11H,5-7H2,1-4H3/t9-,10?/m1/s1. The lowest BCUT2D eigenvalue weighted by atomic mass is 10.1. The minimum absolute atomic E-state index is 0.0304. The highest BCUT2D eigenvalue weighted by atomic mass is 16.5. The summed E-state index contributed by atoms with van der Waals surface area (Å²) in [6.45, 7) is 8.84. The molecule has 0 heterocycles. The van der Waals surface area contributed by atoms with Crippen LogP contribution < -0.4 is 0 Å². The molecule has 12 heavy (non-hydrogen) atoms. The third-order valence-electron chi connectivity index (χ3n) is 1.99. The molecule has 0 amide bonds. The van der Waals surface area contributed by atoms with Crippen molar-refractivity contribution in [3.8, 4) is 0 Å². The Morgan fingerprint density at radius 1 is 1.17 bits per heavy atom. The van der Waals surface area contributed by atoms with Crippen LogP contribution in [0.3, 0.4) is 0 Å². The van der Waals surface area contributed by atoms with Gasteiger partial charge in [0.25, 0.3) is 0 Å². The monoisotopic (exact) mass is 174 g/mol. The largest absolute Gasteiger partial charge is 0.391 e. The van der Waals surface area contributed by atoms with Gasteiger partial charge >= 0.3 is 0 Å². The summed E-state index contributed by atoms with van der Waals surface area (Å²) in [6, 6.07) is 0. The van der Waals surface area contributed by atoms with Crippen LogP contribution in [0, 0.1) is 5.92 Å². The molecule has 0 aromatic rings. The van der Waals surface area contributed by atoms with Crippen LogP contribution in [0.4, 0.5) is 0 Å². The molecular weight excluding hydrogens is 152 g/mol. The maximum Gasteiger partial charge on any atom is 0.0803 e. The Bertz CT molecular complexity index is 100. The zero-order chi connectivity index (χ0) is 9.56. The van der Waals surface area contributed by atoms with Crippen molar-refractivity contribution >= 4 is 0 Å². The average molecular weight is 174 g/mol. The molecular formula is C10H22O2. The molecule has 0 rings (SSSR count). The van der Waals surface area contributed by atoms with Gasteiger partial charge in [-0.15, -0.1) is 0 Å². The molecule has 1 unspecified atom stereocenters. The maximum atomic E-state index is 9.10. The Hall–Kier alpha value is -0.0800. The van der Waals surface area contributed by atoms with E-state index in [9.17, 15) is 0 Å². The second-order valence-corrected chi connectivity index (χ2v) is 3.85. The molecule has 0 saturated carbocycles. The molecule has 0 bridgehead atoms. The topological polar surface area (TPSA) is 29.5 Å². The van der Waals surface area contributed by atoms with Crippen molar-refractivity contribution in [1.82, 2.24) is 0 Å². The van der Waals surface area contributed by atoms with Gasteiger partial charge in [-0.25, -0.2) is 0 Å². The zero-order valence-electron chi connectivity index (χ0n) is 8.71. The summed E-state index contributed by atoms with van der Waals surface area (Å²) in [5.74, 6) is 0.746. The average Bonchev–Trinajstić information content (AvgIpc) is 1.97. The molecule has 2 nitrogen and oxygen atoms in total. The quantitative estimate of drug-likeness (QED) is 0.626. The van der Waals surface area contributed by atoms with Crippen molar-refractivity contribution < 1.29 is 9.84 Å². The summed E-state index contributed by atoms with van der Waals surface area (Å²) in [4.78, 5) is 0. The summed E-state index contributed by atoms with van der Waals surface area (Å²) in [7, 11) is 0. The van der Waals surface area contributed by atoms with Gasteiger partial charge in [-0.2, -0.15) is 0 Å². The first-order valence-corrected chi connectivity index (χ1v) is 4.83. The Labute approximate surface area is 75.9 Å². The summed E-state index contributed by atoms with van der Waals surface area (Å²) >= 11 is 0. The van der Waals surface area contributed by atoms with Crippen LogP contribution in [0.5, 0.6) is 0 Å². The third kappa shape index (κ3) is 6.62. The number of rotatable bonds is 6. The lowest BCUT2D eigenvalue weighted by Gasteiger charge is -2.15. The first-order valence-electron chi connectivity index (χ1n) is 4.83. The molecule has 0 aliphatic heterocycles. The summed E-state index contributed by atoms with van der Waals surface area (Å²) in [6.07, 6.45) is 1.91. The van der Waals surface area contributed by atoms with Gasteiger partial charge in [-0.3, -0.25) is 0 Å². The van der Waals surface area contributed by atoms with Gasteiger partial charge in [0, 0.05) is 6.61 Å². The smallest absolute Gasteiger partial charge is 0.0803 e. The predicted octanol–water partition coefficient (Wildman–Crippen LogP) is 2.21. The molecule has 0 aliphatic rings. The highest BCUT2D eigenvalue weighted by Gasteiger charge is 2.07. The second-order valence-electron chi connectivity index (χ2n) is 3.85. The van der Waals surface area contributed by atoms with E-state index in [4.69, 9.17) is 9.84 Å². The van der Waals surface area contributed by atoms with E-state index in [1.54, 1.807) is 6.92 Å². The van der Waals surface area contributed by atoms with Crippen molar-refractivity contribution in [3.05, 3.63) is 0 Å². The van der Waals surface area contributed by atoms with Crippen LogP contribution in [-0.4, -0.2) is 23.9 Å². The molecule has 0 spiro atoms. The van der Waals surface area contributed by atoms with E-state index in [1.807, 2.05) is 6.92 Å². The summed E-state index contributed by atoms with van der Waals surface area (Å²) < 4.78 is 5.40. The SMILES string of the molecule is CC(C)CCCOC(C)[C@@H](C)O. The molecule has 1 N–H and O–H groups in total. The minimum Gasteiger partial charge on any atom is -0.391 e. The van der Waals surface area contributed by atoms with E-state index in [0.717, 1.165) is 18.9 Å². The number of ether oxygens (including phenoxy) is 1. The zero-order valence-corrected chi connectivity index (χ0v) is 8.71. The van der Waals surface area contributed by atoms with Gasteiger partial charge in [0.1, 0.15) is 0 Å². The van der Waals surface area contributed by atoms with E-state index in [1.165, 1.54) is 6.42 Å². The van der Waals surface area contributed by atoms with Crippen molar-refractivity contribution in [2.45, 2.75) is 52.7 Å². The van der Waals surface area contributed by atoms with E-state index in [2.05, 4.69) is 13.8 Å². The number of hydrogen-bond donors (Lipinski definition) is 1. The fourth-order valence-electron chi connectivity index (χ4n) is 0.900. The second kappa shape index (κ2) is 6.44. The third-order valence-corrected chi connectivity index (χ3v) is 1.99. The molecule has 0 fully saturated rings. The van der Waals surface area contributed by atoms with Gasteiger partial charge in [0.05, 0.1) is 12.2 Å². The first-order chi connectivity index (χ1) is 5.54. The van der Waals surface area contributed by atoms with E-state index >= 15 is 0 Å². The fourth-order valence-corrected chi connectivity index (χ4v) is 0.900. The van der Waals surface area contributed by atoms with Gasteiger partial charge in [-0.1, -0.05) is 13.8 Å². The molecule has 0 aromatic heterocycles. The lowest BCUT2D eigenvalue weighted by Crippen LogP contribution is -2.23. The van der Waals surface area contributed by atoms with E-state index in [-0.39, 0.29) is 12.2 Å². The van der Waals surface area contributed by atoms with E-state index < -0.39 is 0 Å². The van der Waals surface area contributed by atoms with Crippen LogP contribution in [0.1, 0.15) is 40.5 Å². The molecule has 74 valence electrons. The highest BCUT2D eigenvalue weighted by molar-refractivity contribution is 4.56. The van der Waals surface area contributed by atoms with E-state index in [0.29, 0.717) is 0 Å². The maximum absolute atomic E-state index is 9.10. The Morgan fingerprint density at radius 2 is 1.75 bits per heavy atom. The van der Waals surface area contributed by atoms with Crippen LogP contribution in [0.15, 0.2) is 0 Å².